The molecular formula is C30H59N. The lowest BCUT2D eigenvalue weighted by atomic mass is 9.97. The fourth-order valence-electron chi connectivity index (χ4n) is 4.96. The molecule has 0 aromatic heterocycles. The lowest BCUT2D eigenvalue weighted by Crippen LogP contribution is -2.33. The van der Waals surface area contributed by atoms with Crippen LogP contribution in [0.4, 0.5) is 0 Å². The first-order valence-electron chi connectivity index (χ1n) is 15.6. The van der Waals surface area contributed by atoms with Crippen LogP contribution in [0.2, 0.25) is 0 Å². The Morgan fingerprint density at radius 1 is 0.677 bits per heavy atom. The molecule has 0 spiro atoms. The molecule has 1 heterocycles. The maximum Gasteiger partial charge on any atom is 0.0431 e. The van der Waals surface area contributed by atoms with E-state index in [-0.39, 0.29) is 13.0 Å². The smallest absolute Gasteiger partial charge is 0.0431 e. The Hall–Kier alpha value is -0.300. The van der Waals surface area contributed by atoms with Crippen molar-refractivity contribution in [1.29, 1.82) is 0 Å². The highest BCUT2D eigenvalue weighted by Gasteiger charge is 2.22. The van der Waals surface area contributed by atoms with Crippen LogP contribution in [0.5, 0.6) is 0 Å². The number of nitrogens with zero attached hydrogens (tertiary/aromatic N) is 1. The van der Waals surface area contributed by atoms with Gasteiger partial charge in [0, 0.05) is 8.78 Å². The minimum Gasteiger partial charge on any atom is -0.297 e. The molecule has 3 unspecified atom stereocenters. The summed E-state index contributed by atoms with van der Waals surface area (Å²) in [5.74, 6) is 0. The zero-order valence-corrected chi connectivity index (χ0v) is 21.8. The van der Waals surface area contributed by atoms with Gasteiger partial charge in [-0.3, -0.25) is 4.90 Å². The molecule has 1 rings (SSSR count). The van der Waals surface area contributed by atoms with Gasteiger partial charge in [-0.1, -0.05) is 135 Å². The zero-order valence-electron chi connectivity index (χ0n) is 23.8. The minimum absolute atomic E-state index is 0.173. The van der Waals surface area contributed by atoms with E-state index in [9.17, 15) is 0 Å². The number of hydrogen-bond acceptors (Lipinski definition) is 1. The molecule has 1 nitrogen and oxygen atoms in total. The van der Waals surface area contributed by atoms with Gasteiger partial charge in [-0.25, -0.2) is 0 Å². The molecule has 0 aliphatic carbocycles. The normalized spacial score (nSPS) is 22.0. The topological polar surface area (TPSA) is 3.24 Å². The maximum absolute atomic E-state index is 8.46. The van der Waals surface area contributed by atoms with Crippen LogP contribution in [0.25, 0.3) is 0 Å². The number of unbranched alkanes of at least 4 members (excludes halogenated alkanes) is 17. The fourth-order valence-corrected chi connectivity index (χ4v) is 4.96. The standard InChI is InChI=1S/C30H59N/c1-4-6-8-10-11-12-13-14-15-16-17-18-19-20-22-26-30(31-27-23-24-28-31)29(3)25-21-9-7-5-2/h25,30H,4-24,26-28H2,1-3H3/i27D,28D. The van der Waals surface area contributed by atoms with E-state index in [0.717, 1.165) is 25.7 Å². The second-order valence-electron chi connectivity index (χ2n) is 10.1. The molecule has 1 heteroatoms. The van der Waals surface area contributed by atoms with Gasteiger partial charge in [-0.05, 0) is 52.1 Å². The Labute approximate surface area is 200 Å². The highest BCUT2D eigenvalue weighted by Crippen LogP contribution is 2.23. The fraction of sp³-hybridized carbons (Fsp3) is 0.933. The van der Waals surface area contributed by atoms with Crippen molar-refractivity contribution < 1.29 is 2.74 Å². The van der Waals surface area contributed by atoms with Crippen LogP contribution < -0.4 is 0 Å². The summed E-state index contributed by atoms with van der Waals surface area (Å²) in [6.07, 6.45) is 31.3. The molecule has 0 N–H and O–H groups in total. The van der Waals surface area contributed by atoms with Crippen molar-refractivity contribution in [2.75, 3.05) is 13.0 Å². The molecule has 0 amide bonds. The van der Waals surface area contributed by atoms with E-state index >= 15 is 0 Å². The first-order valence-corrected chi connectivity index (χ1v) is 14.4. The quantitative estimate of drug-likeness (QED) is 0.121. The predicted molar refractivity (Wildman–Crippen MR) is 142 cm³/mol. The monoisotopic (exact) mass is 435 g/mol. The van der Waals surface area contributed by atoms with Crippen molar-refractivity contribution in [1.82, 2.24) is 4.90 Å². The summed E-state index contributed by atoms with van der Waals surface area (Å²) in [4.78, 5) is 2.20. The van der Waals surface area contributed by atoms with Crippen LogP contribution in [0.3, 0.4) is 0 Å². The molecule has 1 aliphatic rings. The summed E-state index contributed by atoms with van der Waals surface area (Å²) in [7, 11) is 0. The Bertz CT molecular complexity index is 454. The molecule has 0 saturated carbocycles. The summed E-state index contributed by atoms with van der Waals surface area (Å²) < 4.78 is 16.9. The van der Waals surface area contributed by atoms with Crippen molar-refractivity contribution in [2.45, 2.75) is 168 Å². The average Bonchev–Trinajstić information content (AvgIpc) is 3.14. The predicted octanol–water partition coefficient (Wildman–Crippen LogP) is 10.2. The highest BCUT2D eigenvalue weighted by atomic mass is 15.2. The molecule has 0 aromatic rings. The summed E-state index contributed by atoms with van der Waals surface area (Å²) in [6, 6.07) is 0.320. The molecule has 1 fully saturated rings. The molecule has 3 atom stereocenters. The number of likely N-dealkylation sites (tertiary alicyclic amines) is 1. The SMILES string of the molecule is [2H]C1CCC([2H])N1C(CCCCCCCCCCCCCCCCC)C(C)=CCCCCC. The summed E-state index contributed by atoms with van der Waals surface area (Å²) >= 11 is 0. The van der Waals surface area contributed by atoms with Crippen molar-refractivity contribution >= 4 is 0 Å². The summed E-state index contributed by atoms with van der Waals surface area (Å²) in [6.45, 7) is 6.47. The third kappa shape index (κ3) is 16.0. The van der Waals surface area contributed by atoms with Gasteiger partial charge >= 0.3 is 0 Å². The number of allylic oxidation sites excluding steroid dienone is 1. The molecular weight excluding hydrogens is 374 g/mol. The Balaban J connectivity index is 2.15. The summed E-state index contributed by atoms with van der Waals surface area (Å²) in [5.41, 5.74) is 1.42. The molecule has 0 radical (unpaired) electrons. The minimum atomic E-state index is -0.173. The molecule has 0 aromatic carbocycles. The van der Waals surface area contributed by atoms with Crippen molar-refractivity contribution in [2.24, 2.45) is 0 Å². The van der Waals surface area contributed by atoms with E-state index in [1.165, 1.54) is 121 Å². The third-order valence-corrected chi connectivity index (χ3v) is 7.09. The van der Waals surface area contributed by atoms with Gasteiger partial charge in [-0.2, -0.15) is 0 Å². The van der Waals surface area contributed by atoms with Crippen LogP contribution in [0, 0.1) is 0 Å². The van der Waals surface area contributed by atoms with Gasteiger partial charge < -0.3 is 0 Å². The van der Waals surface area contributed by atoms with Crippen molar-refractivity contribution in [3.63, 3.8) is 0 Å². The van der Waals surface area contributed by atoms with Gasteiger partial charge in [-0.15, -0.1) is 0 Å². The van der Waals surface area contributed by atoms with Gasteiger partial charge in [0.05, 0.1) is 0 Å². The molecule has 31 heavy (non-hydrogen) atoms. The molecule has 1 saturated heterocycles. The molecule has 1 aliphatic heterocycles. The highest BCUT2D eigenvalue weighted by molar-refractivity contribution is 5.09. The first-order chi connectivity index (χ1) is 16.1. The van der Waals surface area contributed by atoms with Gasteiger partial charge in [0.2, 0.25) is 0 Å². The second kappa shape index (κ2) is 21.5. The van der Waals surface area contributed by atoms with Gasteiger partial charge in [0.1, 0.15) is 0 Å². The third-order valence-electron chi connectivity index (χ3n) is 7.09. The lowest BCUT2D eigenvalue weighted by molar-refractivity contribution is 0.255. The number of hydrogen-bond donors (Lipinski definition) is 0. The number of rotatable bonds is 22. The second-order valence-corrected chi connectivity index (χ2v) is 10.1. The first kappa shape index (κ1) is 25.3. The maximum atomic E-state index is 8.46. The van der Waals surface area contributed by atoms with Crippen LogP contribution in [0.1, 0.15) is 165 Å². The van der Waals surface area contributed by atoms with Crippen LogP contribution in [-0.2, 0) is 0 Å². The van der Waals surface area contributed by atoms with Gasteiger partial charge in [0.25, 0.3) is 0 Å². The van der Waals surface area contributed by atoms with Crippen molar-refractivity contribution in [3.8, 4) is 0 Å². The Morgan fingerprint density at radius 2 is 1.10 bits per heavy atom. The van der Waals surface area contributed by atoms with Gasteiger partial charge in [0.15, 0.2) is 0 Å². The summed E-state index contributed by atoms with van der Waals surface area (Å²) in [5, 5.41) is 0. The van der Waals surface area contributed by atoms with E-state index in [1.807, 2.05) is 0 Å². The van der Waals surface area contributed by atoms with E-state index in [1.54, 1.807) is 0 Å². The van der Waals surface area contributed by atoms with E-state index in [0.29, 0.717) is 6.04 Å². The van der Waals surface area contributed by atoms with E-state index in [4.69, 9.17) is 2.74 Å². The molecule has 184 valence electrons. The zero-order chi connectivity index (χ0) is 24.2. The van der Waals surface area contributed by atoms with E-state index in [2.05, 4.69) is 31.7 Å². The van der Waals surface area contributed by atoms with Crippen molar-refractivity contribution in [3.05, 3.63) is 11.6 Å². The van der Waals surface area contributed by atoms with Crippen LogP contribution >= 0.6 is 0 Å². The molecule has 0 bridgehead atoms. The average molecular weight is 436 g/mol. The van der Waals surface area contributed by atoms with Crippen LogP contribution in [0.15, 0.2) is 11.6 Å². The lowest BCUT2D eigenvalue weighted by Gasteiger charge is -2.29. The van der Waals surface area contributed by atoms with Crippen LogP contribution in [-0.4, -0.2) is 24.0 Å². The Kier molecular flexibility index (Phi) is 17.6. The van der Waals surface area contributed by atoms with E-state index < -0.39 is 0 Å². The Morgan fingerprint density at radius 3 is 1.58 bits per heavy atom. The largest absolute Gasteiger partial charge is 0.297 e.